The first-order valence-corrected chi connectivity index (χ1v) is 9.91. The molecule has 1 aliphatic rings. The minimum Gasteiger partial charge on any atom is -0.266 e. The number of carbonyl (C=O) groups is 1. The molecule has 0 saturated heterocycles. The number of anilines is 1. The van der Waals surface area contributed by atoms with Gasteiger partial charge in [-0.15, -0.1) is 0 Å². The largest absolute Gasteiger partial charge is 0.282 e. The van der Waals surface area contributed by atoms with Crippen molar-refractivity contribution in [2.75, 3.05) is 4.90 Å². The van der Waals surface area contributed by atoms with Crippen molar-refractivity contribution >= 4 is 51.0 Å². The number of nitrogens with zero attached hydrogens (tertiary/aromatic N) is 2. The van der Waals surface area contributed by atoms with Crippen LogP contribution in [0.15, 0.2) is 88.0 Å². The third-order valence-corrected chi connectivity index (χ3v) is 5.12. The molecule has 1 amide bonds. The molecule has 0 atom stereocenters. The van der Waals surface area contributed by atoms with Gasteiger partial charge >= 0.3 is 0 Å². The van der Waals surface area contributed by atoms with Gasteiger partial charge in [-0.2, -0.15) is 0 Å². The highest BCUT2D eigenvalue weighted by Crippen LogP contribution is 2.29. The first-order chi connectivity index (χ1) is 13.5. The monoisotopic (exact) mass is 450 g/mol. The Balaban J connectivity index is 1.84. The molecule has 0 aliphatic carbocycles. The summed E-state index contributed by atoms with van der Waals surface area (Å²) in [6.45, 7) is 2.00. The Morgan fingerprint density at radius 2 is 1.75 bits per heavy atom. The molecule has 0 unspecified atom stereocenters. The van der Waals surface area contributed by atoms with Crippen molar-refractivity contribution in [1.82, 2.24) is 0 Å². The fourth-order valence-corrected chi connectivity index (χ4v) is 3.61. The van der Waals surface area contributed by atoms with Crippen LogP contribution in [0.3, 0.4) is 0 Å². The Hall–Kier alpha value is -2.69. The van der Waals surface area contributed by atoms with Crippen LogP contribution in [-0.2, 0) is 4.79 Å². The zero-order chi connectivity index (χ0) is 19.7. The standard InChI is InChI=1S/C23H16BrClN2O/c1-15-4-2-7-20(12-15)27-22(17-8-10-19(25)11-9-17)26-21(23(27)28)14-16-5-3-6-18(24)13-16/h2-14H,1H3/b21-14+. The van der Waals surface area contributed by atoms with Crippen LogP contribution in [-0.4, -0.2) is 11.7 Å². The minimum absolute atomic E-state index is 0.157. The second kappa shape index (κ2) is 7.74. The number of benzene rings is 3. The minimum atomic E-state index is -0.157. The summed E-state index contributed by atoms with van der Waals surface area (Å²) < 4.78 is 0.949. The molecule has 0 fully saturated rings. The maximum absolute atomic E-state index is 13.3. The van der Waals surface area contributed by atoms with E-state index < -0.39 is 0 Å². The fourth-order valence-electron chi connectivity index (χ4n) is 3.07. The van der Waals surface area contributed by atoms with E-state index in [1.807, 2.05) is 67.6 Å². The SMILES string of the molecule is Cc1cccc(N2C(=O)/C(=C\c3cccc(Br)c3)N=C2c2ccc(Cl)cc2)c1. The smallest absolute Gasteiger partial charge is 0.266 e. The van der Waals surface area contributed by atoms with Gasteiger partial charge in [-0.25, -0.2) is 4.99 Å². The molecule has 3 aromatic carbocycles. The number of carbonyl (C=O) groups excluding carboxylic acids is 1. The highest BCUT2D eigenvalue weighted by Gasteiger charge is 2.32. The van der Waals surface area contributed by atoms with Gasteiger partial charge in [0.15, 0.2) is 0 Å². The van der Waals surface area contributed by atoms with Gasteiger partial charge in [0.1, 0.15) is 11.5 Å². The van der Waals surface area contributed by atoms with Crippen molar-refractivity contribution in [3.63, 3.8) is 0 Å². The van der Waals surface area contributed by atoms with E-state index in [-0.39, 0.29) is 5.91 Å². The van der Waals surface area contributed by atoms with Crippen molar-refractivity contribution in [2.45, 2.75) is 6.92 Å². The maximum Gasteiger partial charge on any atom is 0.282 e. The Kier molecular flexibility index (Phi) is 5.16. The lowest BCUT2D eigenvalue weighted by Gasteiger charge is -2.19. The van der Waals surface area contributed by atoms with Crippen molar-refractivity contribution in [3.8, 4) is 0 Å². The summed E-state index contributed by atoms with van der Waals surface area (Å²) in [7, 11) is 0. The molecule has 5 heteroatoms. The van der Waals surface area contributed by atoms with Gasteiger partial charge < -0.3 is 0 Å². The van der Waals surface area contributed by atoms with E-state index in [1.165, 1.54) is 0 Å². The second-order valence-electron chi connectivity index (χ2n) is 6.51. The lowest BCUT2D eigenvalue weighted by Crippen LogP contribution is -2.32. The van der Waals surface area contributed by atoms with Crippen molar-refractivity contribution < 1.29 is 4.79 Å². The quantitative estimate of drug-likeness (QED) is 0.433. The summed E-state index contributed by atoms with van der Waals surface area (Å²) in [5, 5.41) is 0.640. The fraction of sp³-hybridized carbons (Fsp3) is 0.0435. The first-order valence-electron chi connectivity index (χ1n) is 8.74. The number of hydrogen-bond donors (Lipinski definition) is 0. The zero-order valence-electron chi connectivity index (χ0n) is 15.1. The maximum atomic E-state index is 13.3. The Bertz CT molecular complexity index is 1120. The molecule has 4 rings (SSSR count). The van der Waals surface area contributed by atoms with Gasteiger partial charge in [-0.3, -0.25) is 9.69 Å². The number of amidine groups is 1. The van der Waals surface area contributed by atoms with Crippen LogP contribution < -0.4 is 4.90 Å². The number of halogens is 2. The summed E-state index contributed by atoms with van der Waals surface area (Å²) in [6, 6.07) is 22.9. The Morgan fingerprint density at radius 3 is 2.46 bits per heavy atom. The van der Waals surface area contributed by atoms with E-state index in [9.17, 15) is 4.79 Å². The number of aliphatic imine (C=N–C) groups is 1. The van der Waals surface area contributed by atoms with E-state index in [0.717, 1.165) is 26.9 Å². The molecular weight excluding hydrogens is 436 g/mol. The molecule has 3 nitrogen and oxygen atoms in total. The van der Waals surface area contributed by atoms with E-state index >= 15 is 0 Å². The van der Waals surface area contributed by atoms with E-state index in [2.05, 4.69) is 20.9 Å². The molecule has 138 valence electrons. The third kappa shape index (κ3) is 3.79. The molecule has 0 N–H and O–H groups in total. The summed E-state index contributed by atoms with van der Waals surface area (Å²) in [6.07, 6.45) is 1.80. The van der Waals surface area contributed by atoms with Crippen LogP contribution in [0.4, 0.5) is 5.69 Å². The van der Waals surface area contributed by atoms with Crippen LogP contribution in [0.2, 0.25) is 5.02 Å². The van der Waals surface area contributed by atoms with Gasteiger partial charge in [0, 0.05) is 15.1 Å². The van der Waals surface area contributed by atoms with Gasteiger partial charge in [0.05, 0.1) is 5.69 Å². The molecule has 0 aromatic heterocycles. The van der Waals surface area contributed by atoms with E-state index in [4.69, 9.17) is 11.6 Å². The second-order valence-corrected chi connectivity index (χ2v) is 7.86. The van der Waals surface area contributed by atoms with Gasteiger partial charge in [-0.1, -0.05) is 51.8 Å². The molecule has 0 bridgehead atoms. The molecule has 0 radical (unpaired) electrons. The van der Waals surface area contributed by atoms with Crippen LogP contribution in [0.25, 0.3) is 6.08 Å². The molecule has 1 heterocycles. The molecule has 3 aromatic rings. The average molecular weight is 452 g/mol. The van der Waals surface area contributed by atoms with Crippen molar-refractivity contribution in [3.05, 3.63) is 105 Å². The number of hydrogen-bond acceptors (Lipinski definition) is 2. The normalized spacial score (nSPS) is 15.2. The zero-order valence-corrected chi connectivity index (χ0v) is 17.4. The van der Waals surface area contributed by atoms with Crippen LogP contribution in [0.5, 0.6) is 0 Å². The molecule has 28 heavy (non-hydrogen) atoms. The van der Waals surface area contributed by atoms with Gasteiger partial charge in [0.2, 0.25) is 0 Å². The lowest BCUT2D eigenvalue weighted by atomic mass is 10.1. The third-order valence-electron chi connectivity index (χ3n) is 4.37. The molecule has 0 spiro atoms. The Morgan fingerprint density at radius 1 is 1.00 bits per heavy atom. The summed E-state index contributed by atoms with van der Waals surface area (Å²) in [5.41, 5.74) is 3.99. The number of rotatable bonds is 3. The molecular formula is C23H16BrClN2O. The average Bonchev–Trinajstić information content (AvgIpc) is 2.99. The van der Waals surface area contributed by atoms with Gasteiger partial charge in [-0.05, 0) is 72.7 Å². The highest BCUT2D eigenvalue weighted by atomic mass is 79.9. The predicted octanol–water partition coefficient (Wildman–Crippen LogP) is 6.25. The van der Waals surface area contributed by atoms with E-state index in [1.54, 1.807) is 23.1 Å². The number of amides is 1. The van der Waals surface area contributed by atoms with Crippen LogP contribution >= 0.6 is 27.5 Å². The highest BCUT2D eigenvalue weighted by molar-refractivity contribution is 9.10. The van der Waals surface area contributed by atoms with E-state index in [0.29, 0.717) is 16.6 Å². The van der Waals surface area contributed by atoms with Crippen LogP contribution in [0.1, 0.15) is 16.7 Å². The van der Waals surface area contributed by atoms with Crippen molar-refractivity contribution in [2.24, 2.45) is 4.99 Å². The molecule has 0 saturated carbocycles. The summed E-state index contributed by atoms with van der Waals surface area (Å²) in [5.74, 6) is 0.434. The first kappa shape index (κ1) is 18.7. The number of aryl methyl sites for hydroxylation is 1. The summed E-state index contributed by atoms with van der Waals surface area (Å²) >= 11 is 9.50. The van der Waals surface area contributed by atoms with Crippen LogP contribution in [0, 0.1) is 6.92 Å². The van der Waals surface area contributed by atoms with Crippen molar-refractivity contribution in [1.29, 1.82) is 0 Å². The lowest BCUT2D eigenvalue weighted by molar-refractivity contribution is -0.113. The summed E-state index contributed by atoms with van der Waals surface area (Å²) in [4.78, 5) is 19.6. The van der Waals surface area contributed by atoms with Gasteiger partial charge in [0.25, 0.3) is 5.91 Å². The predicted molar refractivity (Wildman–Crippen MR) is 119 cm³/mol. The topological polar surface area (TPSA) is 32.7 Å². The molecule has 1 aliphatic heterocycles. The Labute approximate surface area is 177 Å².